The molecule has 5 nitrogen and oxygen atoms in total. The lowest BCUT2D eigenvalue weighted by atomic mass is 10.0. The molecule has 0 aromatic heterocycles. The summed E-state index contributed by atoms with van der Waals surface area (Å²) in [6, 6.07) is -0.537. The maximum absolute atomic E-state index is 12.6. The number of nitrogens with one attached hydrogen (secondary N) is 1. The van der Waals surface area contributed by atoms with Crippen LogP contribution < -0.4 is 5.32 Å². The Kier molecular flexibility index (Phi) is 3.71. The van der Waals surface area contributed by atoms with Crippen molar-refractivity contribution >= 4 is 11.8 Å². The van der Waals surface area contributed by atoms with Gasteiger partial charge in [0.1, 0.15) is 12.1 Å². The van der Waals surface area contributed by atoms with E-state index in [1.54, 1.807) is 4.90 Å². The summed E-state index contributed by atoms with van der Waals surface area (Å²) in [5, 5.41) is 2.96. The van der Waals surface area contributed by atoms with Crippen LogP contribution in [0.4, 0.5) is 0 Å². The number of piperazine rings is 1. The Balaban J connectivity index is 1.68. The molecule has 2 amide bonds. The third-order valence-corrected chi connectivity index (χ3v) is 4.40. The highest BCUT2D eigenvalue weighted by Crippen LogP contribution is 2.40. The highest BCUT2D eigenvalue weighted by atomic mass is 16.5. The van der Waals surface area contributed by atoms with Gasteiger partial charge in [0.05, 0.1) is 12.7 Å². The van der Waals surface area contributed by atoms with Crippen molar-refractivity contribution < 1.29 is 14.3 Å². The minimum Gasteiger partial charge on any atom is -0.377 e. The van der Waals surface area contributed by atoms with Crippen molar-refractivity contribution in [2.24, 2.45) is 11.8 Å². The van der Waals surface area contributed by atoms with Crippen LogP contribution in [0.2, 0.25) is 0 Å². The molecule has 2 aliphatic carbocycles. The van der Waals surface area contributed by atoms with Crippen molar-refractivity contribution in [3.05, 3.63) is 0 Å². The second-order valence-electron chi connectivity index (χ2n) is 6.56. The molecule has 2 atom stereocenters. The molecule has 5 heteroatoms. The van der Waals surface area contributed by atoms with Crippen molar-refractivity contribution in [3.8, 4) is 0 Å². The van der Waals surface area contributed by atoms with Gasteiger partial charge >= 0.3 is 0 Å². The topological polar surface area (TPSA) is 58.6 Å². The van der Waals surface area contributed by atoms with Gasteiger partial charge in [0, 0.05) is 6.54 Å². The highest BCUT2D eigenvalue weighted by molar-refractivity contribution is 5.97. The zero-order chi connectivity index (χ0) is 14.3. The monoisotopic (exact) mass is 280 g/mol. The third-order valence-electron chi connectivity index (χ3n) is 4.40. The van der Waals surface area contributed by atoms with Crippen LogP contribution in [0.3, 0.4) is 0 Å². The largest absolute Gasteiger partial charge is 0.377 e. The van der Waals surface area contributed by atoms with Gasteiger partial charge in [-0.2, -0.15) is 0 Å². The van der Waals surface area contributed by atoms with Crippen molar-refractivity contribution in [1.29, 1.82) is 0 Å². The predicted octanol–water partition coefficient (Wildman–Crippen LogP) is 0.927. The summed E-state index contributed by atoms with van der Waals surface area (Å²) in [5.41, 5.74) is 0. The van der Waals surface area contributed by atoms with E-state index in [4.69, 9.17) is 4.74 Å². The van der Waals surface area contributed by atoms with Gasteiger partial charge in [-0.05, 0) is 51.4 Å². The average molecular weight is 280 g/mol. The first kappa shape index (κ1) is 13.9. The number of nitrogens with zero attached hydrogens (tertiary/aromatic N) is 1. The van der Waals surface area contributed by atoms with Gasteiger partial charge in [-0.1, -0.05) is 0 Å². The maximum Gasteiger partial charge on any atom is 0.246 e. The Morgan fingerprint density at radius 3 is 2.40 bits per heavy atom. The Hall–Kier alpha value is -1.10. The number of rotatable bonds is 6. The van der Waals surface area contributed by atoms with Crippen molar-refractivity contribution in [3.63, 3.8) is 0 Å². The van der Waals surface area contributed by atoms with Crippen LogP contribution in [0, 0.1) is 11.8 Å². The van der Waals surface area contributed by atoms with E-state index >= 15 is 0 Å². The molecule has 1 saturated heterocycles. The van der Waals surface area contributed by atoms with E-state index in [1.165, 1.54) is 0 Å². The summed E-state index contributed by atoms with van der Waals surface area (Å²) in [5.74, 6) is 0.878. The zero-order valence-electron chi connectivity index (χ0n) is 12.3. The standard InChI is InChI=1S/C15H24N2O3/c1-9(2)20-8-7-17-13(11-5-6-11)14(18)16-12(15(17)19)10-3-4-10/h9-13H,3-8H2,1-2H3,(H,16,18). The van der Waals surface area contributed by atoms with E-state index in [1.807, 2.05) is 13.8 Å². The summed E-state index contributed by atoms with van der Waals surface area (Å²) in [6.07, 6.45) is 4.38. The molecule has 2 unspecified atom stereocenters. The molecule has 3 aliphatic rings. The molecule has 20 heavy (non-hydrogen) atoms. The summed E-state index contributed by atoms with van der Waals surface area (Å²) >= 11 is 0. The van der Waals surface area contributed by atoms with Crippen molar-refractivity contribution in [2.45, 2.75) is 57.7 Å². The van der Waals surface area contributed by atoms with Crippen LogP contribution >= 0.6 is 0 Å². The summed E-state index contributed by atoms with van der Waals surface area (Å²) in [6.45, 7) is 5.01. The van der Waals surface area contributed by atoms with E-state index in [9.17, 15) is 9.59 Å². The Morgan fingerprint density at radius 2 is 1.85 bits per heavy atom. The second-order valence-corrected chi connectivity index (χ2v) is 6.56. The van der Waals surface area contributed by atoms with Crippen LogP contribution in [0.15, 0.2) is 0 Å². The number of hydrogen-bond acceptors (Lipinski definition) is 3. The van der Waals surface area contributed by atoms with Crippen molar-refractivity contribution in [2.75, 3.05) is 13.2 Å². The lowest BCUT2D eigenvalue weighted by molar-refractivity contribution is -0.152. The number of ether oxygens (including phenoxy) is 1. The average Bonchev–Trinajstić information content (AvgIpc) is 3.25. The van der Waals surface area contributed by atoms with E-state index < -0.39 is 0 Å². The second kappa shape index (κ2) is 5.35. The number of amides is 2. The predicted molar refractivity (Wildman–Crippen MR) is 74.0 cm³/mol. The third kappa shape index (κ3) is 2.82. The van der Waals surface area contributed by atoms with Crippen LogP contribution in [0.1, 0.15) is 39.5 Å². The van der Waals surface area contributed by atoms with Crippen LogP contribution in [0.5, 0.6) is 0 Å². The zero-order valence-corrected chi connectivity index (χ0v) is 12.3. The number of carbonyl (C=O) groups is 2. The smallest absolute Gasteiger partial charge is 0.246 e. The van der Waals surface area contributed by atoms with E-state index in [0.717, 1.165) is 25.7 Å². The highest BCUT2D eigenvalue weighted by Gasteiger charge is 2.51. The maximum atomic E-state index is 12.6. The summed E-state index contributed by atoms with van der Waals surface area (Å²) < 4.78 is 5.56. The molecule has 1 heterocycles. The number of hydrogen-bond donors (Lipinski definition) is 1. The first-order valence-electron chi connectivity index (χ1n) is 7.80. The molecule has 112 valence electrons. The fourth-order valence-corrected chi connectivity index (χ4v) is 3.02. The quantitative estimate of drug-likeness (QED) is 0.787. The van der Waals surface area contributed by atoms with Gasteiger partial charge in [-0.25, -0.2) is 0 Å². The Bertz CT molecular complexity index is 402. The molecule has 1 N–H and O–H groups in total. The molecule has 2 saturated carbocycles. The summed E-state index contributed by atoms with van der Waals surface area (Å²) in [4.78, 5) is 26.7. The molecule has 0 bridgehead atoms. The lowest BCUT2D eigenvalue weighted by Gasteiger charge is -2.39. The Labute approximate surface area is 120 Å². The first-order valence-corrected chi connectivity index (χ1v) is 7.80. The van der Waals surface area contributed by atoms with Crippen LogP contribution in [0.25, 0.3) is 0 Å². The molecule has 0 radical (unpaired) electrons. The van der Waals surface area contributed by atoms with Gasteiger partial charge < -0.3 is 15.0 Å². The minimum absolute atomic E-state index is 0.0496. The van der Waals surface area contributed by atoms with Gasteiger partial charge in [-0.15, -0.1) is 0 Å². The molecule has 1 aliphatic heterocycles. The van der Waals surface area contributed by atoms with Crippen LogP contribution in [-0.4, -0.2) is 48.1 Å². The lowest BCUT2D eigenvalue weighted by Crippen LogP contribution is -2.65. The molecular weight excluding hydrogens is 256 g/mol. The SMILES string of the molecule is CC(C)OCCN1C(=O)C(C2CC2)NC(=O)C1C1CC1. The normalized spacial score (nSPS) is 30.9. The Morgan fingerprint density at radius 1 is 1.20 bits per heavy atom. The van der Waals surface area contributed by atoms with Gasteiger partial charge in [0.15, 0.2) is 0 Å². The van der Waals surface area contributed by atoms with Gasteiger partial charge in [0.2, 0.25) is 11.8 Å². The van der Waals surface area contributed by atoms with Gasteiger partial charge in [-0.3, -0.25) is 9.59 Å². The van der Waals surface area contributed by atoms with Crippen LogP contribution in [-0.2, 0) is 14.3 Å². The van der Waals surface area contributed by atoms with Crippen molar-refractivity contribution in [1.82, 2.24) is 10.2 Å². The molecule has 0 aromatic rings. The molecule has 0 spiro atoms. The number of carbonyl (C=O) groups excluding carboxylic acids is 2. The molecule has 3 rings (SSSR count). The van der Waals surface area contributed by atoms with E-state index in [-0.39, 0.29) is 30.0 Å². The fourth-order valence-electron chi connectivity index (χ4n) is 3.02. The summed E-state index contributed by atoms with van der Waals surface area (Å²) in [7, 11) is 0. The molecule has 0 aromatic carbocycles. The first-order chi connectivity index (χ1) is 9.58. The molecule has 3 fully saturated rings. The fraction of sp³-hybridized carbons (Fsp3) is 0.867. The van der Waals surface area contributed by atoms with E-state index in [2.05, 4.69) is 5.32 Å². The van der Waals surface area contributed by atoms with Gasteiger partial charge in [0.25, 0.3) is 0 Å². The van der Waals surface area contributed by atoms with E-state index in [0.29, 0.717) is 25.0 Å². The minimum atomic E-state index is -0.281. The molecular formula is C15H24N2O3.